The van der Waals surface area contributed by atoms with Crippen LogP contribution in [0.15, 0.2) is 30.3 Å². The van der Waals surface area contributed by atoms with E-state index in [0.717, 1.165) is 12.0 Å². The van der Waals surface area contributed by atoms with Crippen LogP contribution in [0.1, 0.15) is 12.0 Å². The molecule has 0 radical (unpaired) electrons. The number of nitrogens with one attached hydrogen (secondary N) is 1. The lowest BCUT2D eigenvalue weighted by Gasteiger charge is -2.16. The number of rotatable bonds is 4. The molecule has 0 spiro atoms. The SMILES string of the molecule is NCC(=O)NC1CCN(C(=O)OCc2ccccc2)C1. The highest BCUT2D eigenvalue weighted by Crippen LogP contribution is 2.11. The molecule has 1 aliphatic rings. The van der Waals surface area contributed by atoms with Gasteiger partial charge < -0.3 is 20.7 Å². The fourth-order valence-corrected chi connectivity index (χ4v) is 2.14. The van der Waals surface area contributed by atoms with Gasteiger partial charge in [0.15, 0.2) is 0 Å². The van der Waals surface area contributed by atoms with E-state index in [2.05, 4.69) is 5.32 Å². The lowest BCUT2D eigenvalue weighted by atomic mass is 10.2. The van der Waals surface area contributed by atoms with Crippen LogP contribution in [-0.4, -0.2) is 42.6 Å². The maximum Gasteiger partial charge on any atom is 0.410 e. The Bertz CT molecular complexity index is 464. The van der Waals surface area contributed by atoms with Crippen molar-refractivity contribution in [2.75, 3.05) is 19.6 Å². The molecule has 1 saturated heterocycles. The predicted molar refractivity (Wildman–Crippen MR) is 73.8 cm³/mol. The summed E-state index contributed by atoms with van der Waals surface area (Å²) < 4.78 is 5.24. The Morgan fingerprint density at radius 1 is 1.35 bits per heavy atom. The smallest absolute Gasteiger partial charge is 0.410 e. The minimum Gasteiger partial charge on any atom is -0.445 e. The van der Waals surface area contributed by atoms with Crippen molar-refractivity contribution < 1.29 is 14.3 Å². The number of hydrogen-bond donors (Lipinski definition) is 2. The summed E-state index contributed by atoms with van der Waals surface area (Å²) in [6.45, 7) is 1.29. The van der Waals surface area contributed by atoms with Gasteiger partial charge in [0.05, 0.1) is 6.54 Å². The minimum absolute atomic E-state index is 0.0321. The Kier molecular flexibility index (Phi) is 4.95. The van der Waals surface area contributed by atoms with Gasteiger partial charge in [-0.25, -0.2) is 4.79 Å². The van der Waals surface area contributed by atoms with Crippen LogP contribution in [0, 0.1) is 0 Å². The molecule has 1 aromatic rings. The normalized spacial score (nSPS) is 17.9. The van der Waals surface area contributed by atoms with E-state index in [9.17, 15) is 9.59 Å². The fraction of sp³-hybridized carbons (Fsp3) is 0.429. The lowest BCUT2D eigenvalue weighted by Crippen LogP contribution is -2.41. The van der Waals surface area contributed by atoms with E-state index in [0.29, 0.717) is 13.1 Å². The largest absolute Gasteiger partial charge is 0.445 e. The number of nitrogens with zero attached hydrogens (tertiary/aromatic N) is 1. The molecular formula is C14H19N3O3. The van der Waals surface area contributed by atoms with Crippen molar-refractivity contribution in [1.29, 1.82) is 0 Å². The molecule has 6 nitrogen and oxygen atoms in total. The zero-order valence-corrected chi connectivity index (χ0v) is 11.2. The molecule has 1 aliphatic heterocycles. The summed E-state index contributed by atoms with van der Waals surface area (Å²) in [5, 5.41) is 2.77. The van der Waals surface area contributed by atoms with Gasteiger partial charge in [-0.2, -0.15) is 0 Å². The fourth-order valence-electron chi connectivity index (χ4n) is 2.14. The first kappa shape index (κ1) is 14.3. The Morgan fingerprint density at radius 2 is 2.10 bits per heavy atom. The van der Waals surface area contributed by atoms with E-state index in [1.165, 1.54) is 0 Å². The van der Waals surface area contributed by atoms with Gasteiger partial charge >= 0.3 is 6.09 Å². The van der Waals surface area contributed by atoms with Crippen molar-refractivity contribution in [2.45, 2.75) is 19.1 Å². The monoisotopic (exact) mass is 277 g/mol. The average Bonchev–Trinajstić information content (AvgIpc) is 2.94. The summed E-state index contributed by atoms with van der Waals surface area (Å²) in [6, 6.07) is 9.49. The van der Waals surface area contributed by atoms with Crippen molar-refractivity contribution in [1.82, 2.24) is 10.2 Å². The van der Waals surface area contributed by atoms with Crippen molar-refractivity contribution >= 4 is 12.0 Å². The van der Waals surface area contributed by atoms with E-state index in [4.69, 9.17) is 10.5 Å². The van der Waals surface area contributed by atoms with Gasteiger partial charge in [0.25, 0.3) is 0 Å². The molecule has 1 atom stereocenters. The van der Waals surface area contributed by atoms with Crippen molar-refractivity contribution in [3.8, 4) is 0 Å². The first-order valence-electron chi connectivity index (χ1n) is 6.64. The summed E-state index contributed by atoms with van der Waals surface area (Å²) in [6.07, 6.45) is 0.380. The summed E-state index contributed by atoms with van der Waals surface area (Å²) in [7, 11) is 0. The summed E-state index contributed by atoms with van der Waals surface area (Å²) >= 11 is 0. The number of carbonyl (C=O) groups excluding carboxylic acids is 2. The van der Waals surface area contributed by atoms with Crippen LogP contribution >= 0.6 is 0 Å². The maximum absolute atomic E-state index is 11.9. The third-order valence-electron chi connectivity index (χ3n) is 3.20. The average molecular weight is 277 g/mol. The molecule has 0 aromatic heterocycles. The molecule has 1 heterocycles. The molecular weight excluding hydrogens is 258 g/mol. The number of likely N-dealkylation sites (tertiary alicyclic amines) is 1. The summed E-state index contributed by atoms with van der Waals surface area (Å²) in [5.41, 5.74) is 6.19. The molecule has 20 heavy (non-hydrogen) atoms. The molecule has 3 N–H and O–H groups in total. The molecule has 108 valence electrons. The van der Waals surface area contributed by atoms with Gasteiger partial charge in [-0.1, -0.05) is 30.3 Å². The molecule has 6 heteroatoms. The molecule has 1 aromatic carbocycles. The Morgan fingerprint density at radius 3 is 2.80 bits per heavy atom. The topological polar surface area (TPSA) is 84.7 Å². The van der Waals surface area contributed by atoms with E-state index < -0.39 is 0 Å². The van der Waals surface area contributed by atoms with Gasteiger partial charge in [0, 0.05) is 19.1 Å². The zero-order chi connectivity index (χ0) is 14.4. The summed E-state index contributed by atoms with van der Waals surface area (Å²) in [4.78, 5) is 24.7. The molecule has 0 aliphatic carbocycles. The van der Waals surface area contributed by atoms with Crippen LogP contribution in [0.5, 0.6) is 0 Å². The van der Waals surface area contributed by atoms with E-state index in [1.54, 1.807) is 4.90 Å². The third kappa shape index (κ3) is 3.96. The van der Waals surface area contributed by atoms with Crippen molar-refractivity contribution in [3.63, 3.8) is 0 Å². The van der Waals surface area contributed by atoms with Crippen molar-refractivity contribution in [2.24, 2.45) is 5.73 Å². The maximum atomic E-state index is 11.9. The standard InChI is InChI=1S/C14H19N3O3/c15-8-13(18)16-12-6-7-17(9-12)14(19)20-10-11-4-2-1-3-5-11/h1-5,12H,6-10,15H2,(H,16,18). The third-order valence-corrected chi connectivity index (χ3v) is 3.20. The number of carbonyl (C=O) groups is 2. The lowest BCUT2D eigenvalue weighted by molar-refractivity contribution is -0.120. The Labute approximate surface area is 117 Å². The highest BCUT2D eigenvalue weighted by atomic mass is 16.6. The van der Waals surface area contributed by atoms with Gasteiger partial charge in [0.2, 0.25) is 5.91 Å². The van der Waals surface area contributed by atoms with Crippen LogP contribution in [0.4, 0.5) is 4.79 Å². The first-order chi connectivity index (χ1) is 9.69. The number of benzene rings is 1. The molecule has 1 unspecified atom stereocenters. The molecule has 0 saturated carbocycles. The molecule has 1 fully saturated rings. The van der Waals surface area contributed by atoms with E-state index in [-0.39, 0.29) is 31.2 Å². The van der Waals surface area contributed by atoms with Gasteiger partial charge in [-0.15, -0.1) is 0 Å². The molecule has 2 rings (SSSR count). The van der Waals surface area contributed by atoms with Crippen LogP contribution in [0.2, 0.25) is 0 Å². The predicted octanol–water partition coefficient (Wildman–Crippen LogP) is 0.472. The first-order valence-corrected chi connectivity index (χ1v) is 6.64. The molecule has 0 bridgehead atoms. The Hall–Kier alpha value is -2.08. The molecule has 2 amide bonds. The van der Waals surface area contributed by atoms with E-state index in [1.807, 2.05) is 30.3 Å². The highest BCUT2D eigenvalue weighted by molar-refractivity contribution is 5.78. The zero-order valence-electron chi connectivity index (χ0n) is 11.2. The van der Waals surface area contributed by atoms with Gasteiger partial charge in [0.1, 0.15) is 6.61 Å². The van der Waals surface area contributed by atoms with Gasteiger partial charge in [-0.05, 0) is 12.0 Å². The quantitative estimate of drug-likeness (QED) is 0.838. The van der Waals surface area contributed by atoms with Crippen LogP contribution in [0.25, 0.3) is 0 Å². The Balaban J connectivity index is 1.75. The van der Waals surface area contributed by atoms with E-state index >= 15 is 0 Å². The number of ether oxygens (including phenoxy) is 1. The second-order valence-electron chi connectivity index (χ2n) is 4.74. The minimum atomic E-state index is -0.349. The van der Waals surface area contributed by atoms with Crippen molar-refractivity contribution in [3.05, 3.63) is 35.9 Å². The van der Waals surface area contributed by atoms with Crippen LogP contribution < -0.4 is 11.1 Å². The van der Waals surface area contributed by atoms with Crippen LogP contribution in [-0.2, 0) is 16.1 Å². The number of amides is 2. The number of nitrogens with two attached hydrogens (primary N) is 1. The number of hydrogen-bond acceptors (Lipinski definition) is 4. The summed E-state index contributed by atoms with van der Waals surface area (Å²) in [5.74, 6) is -0.200. The highest BCUT2D eigenvalue weighted by Gasteiger charge is 2.27. The second kappa shape index (κ2) is 6.91. The van der Waals surface area contributed by atoms with Crippen LogP contribution in [0.3, 0.4) is 0 Å². The van der Waals surface area contributed by atoms with Gasteiger partial charge in [-0.3, -0.25) is 4.79 Å². The second-order valence-corrected chi connectivity index (χ2v) is 4.74.